The van der Waals surface area contributed by atoms with Crippen LogP contribution in [0.25, 0.3) is 6.08 Å². The lowest BCUT2D eigenvalue weighted by Crippen LogP contribution is -2.29. The van der Waals surface area contributed by atoms with Crippen LogP contribution in [0.15, 0.2) is 30.0 Å². The molecule has 156 valence electrons. The first-order valence-electron chi connectivity index (χ1n) is 9.82. The predicted octanol–water partition coefficient (Wildman–Crippen LogP) is 3.63. The first-order valence-corrected chi connectivity index (χ1v) is 9.82. The summed E-state index contributed by atoms with van der Waals surface area (Å²) >= 11 is 0. The summed E-state index contributed by atoms with van der Waals surface area (Å²) in [6.45, 7) is 0.690. The first kappa shape index (κ1) is 18.8. The van der Waals surface area contributed by atoms with Gasteiger partial charge in [0.25, 0.3) is 0 Å². The zero-order valence-electron chi connectivity index (χ0n) is 17.0. The number of rotatable bonds is 4. The fourth-order valence-electron chi connectivity index (χ4n) is 4.30. The molecule has 0 bridgehead atoms. The van der Waals surface area contributed by atoms with Gasteiger partial charge in [-0.1, -0.05) is 0 Å². The van der Waals surface area contributed by atoms with Crippen molar-refractivity contribution in [3.63, 3.8) is 0 Å². The second kappa shape index (κ2) is 7.25. The molecule has 3 aliphatic rings. The zero-order valence-corrected chi connectivity index (χ0v) is 17.0. The van der Waals surface area contributed by atoms with Crippen LogP contribution in [0.5, 0.6) is 28.7 Å². The third-order valence-electron chi connectivity index (χ3n) is 5.78. The Labute approximate surface area is 174 Å². The molecule has 2 aromatic carbocycles. The lowest BCUT2D eigenvalue weighted by Gasteiger charge is -2.28. The van der Waals surface area contributed by atoms with Gasteiger partial charge in [-0.2, -0.15) is 0 Å². The third kappa shape index (κ3) is 2.81. The SMILES string of the molecule is COc1ccc(/C=C2\Oc3c(ccc4c3CC3CCOC3O4)C2=O)c(OC)c1OC. The molecule has 2 aromatic rings. The topological polar surface area (TPSA) is 72.5 Å². The Kier molecular flexibility index (Phi) is 4.55. The minimum absolute atomic E-state index is 0.172. The summed E-state index contributed by atoms with van der Waals surface area (Å²) in [7, 11) is 4.64. The van der Waals surface area contributed by atoms with E-state index < -0.39 is 0 Å². The molecule has 3 aliphatic heterocycles. The molecule has 0 aromatic heterocycles. The number of allylic oxidation sites excluding steroid dienone is 1. The van der Waals surface area contributed by atoms with E-state index in [-0.39, 0.29) is 23.8 Å². The van der Waals surface area contributed by atoms with Crippen LogP contribution in [0.2, 0.25) is 0 Å². The number of carbonyl (C=O) groups excluding carboxylic acids is 1. The summed E-state index contributed by atoms with van der Waals surface area (Å²) in [6, 6.07) is 7.13. The second-order valence-electron chi connectivity index (χ2n) is 7.39. The van der Waals surface area contributed by atoms with Crippen molar-refractivity contribution in [1.82, 2.24) is 0 Å². The normalized spacial score (nSPS) is 22.6. The number of hydrogen-bond donors (Lipinski definition) is 0. The number of fused-ring (bicyclic) bond motifs is 4. The van der Waals surface area contributed by atoms with E-state index in [1.165, 1.54) is 7.11 Å². The number of carbonyl (C=O) groups is 1. The minimum Gasteiger partial charge on any atom is -0.493 e. The molecule has 7 nitrogen and oxygen atoms in total. The standard InChI is InChI=1S/C23H22O7/c1-25-17-6-4-12(20(26-2)22(17)27-3)11-18-19(24)14-5-7-16-15(21(14)29-18)10-13-8-9-28-23(13)30-16/h4-7,11,13,23H,8-10H2,1-3H3/b18-11-. The molecule has 0 aliphatic carbocycles. The van der Waals surface area contributed by atoms with Crippen LogP contribution in [0, 0.1) is 5.92 Å². The molecule has 2 unspecified atom stereocenters. The lowest BCUT2D eigenvalue weighted by molar-refractivity contribution is -0.0700. The summed E-state index contributed by atoms with van der Waals surface area (Å²) < 4.78 is 34.0. The molecule has 0 N–H and O–H groups in total. The summed E-state index contributed by atoms with van der Waals surface area (Å²) in [6.07, 6.45) is 3.16. The van der Waals surface area contributed by atoms with Crippen molar-refractivity contribution in [2.75, 3.05) is 27.9 Å². The number of ether oxygens (including phenoxy) is 6. The van der Waals surface area contributed by atoms with Crippen LogP contribution in [0.1, 0.15) is 27.9 Å². The highest BCUT2D eigenvalue weighted by Gasteiger charge is 2.40. The number of benzene rings is 2. The molecule has 3 heterocycles. The monoisotopic (exact) mass is 410 g/mol. The maximum atomic E-state index is 13.0. The molecular formula is C23H22O7. The quantitative estimate of drug-likeness (QED) is 0.713. The van der Waals surface area contributed by atoms with Crippen molar-refractivity contribution >= 4 is 11.9 Å². The van der Waals surface area contributed by atoms with Gasteiger partial charge in [-0.25, -0.2) is 0 Å². The van der Waals surface area contributed by atoms with Crippen molar-refractivity contribution in [3.8, 4) is 28.7 Å². The summed E-state index contributed by atoms with van der Waals surface area (Å²) in [5.74, 6) is 3.09. The molecule has 0 radical (unpaired) electrons. The van der Waals surface area contributed by atoms with E-state index in [9.17, 15) is 4.79 Å². The van der Waals surface area contributed by atoms with Crippen LogP contribution in [-0.2, 0) is 11.2 Å². The van der Waals surface area contributed by atoms with E-state index in [1.807, 2.05) is 6.07 Å². The maximum absolute atomic E-state index is 13.0. The van der Waals surface area contributed by atoms with Crippen LogP contribution in [-0.4, -0.2) is 40.0 Å². The van der Waals surface area contributed by atoms with E-state index in [4.69, 9.17) is 28.4 Å². The van der Waals surface area contributed by atoms with Gasteiger partial charge in [0.05, 0.1) is 33.5 Å². The van der Waals surface area contributed by atoms with Crippen LogP contribution >= 0.6 is 0 Å². The van der Waals surface area contributed by atoms with Gasteiger partial charge >= 0.3 is 0 Å². The Bertz CT molecular complexity index is 1060. The fraction of sp³-hybridized carbons (Fsp3) is 0.348. The Morgan fingerprint density at radius 2 is 1.87 bits per heavy atom. The molecule has 0 saturated carbocycles. The average Bonchev–Trinajstić information content (AvgIpc) is 3.35. The van der Waals surface area contributed by atoms with E-state index in [0.29, 0.717) is 40.7 Å². The van der Waals surface area contributed by atoms with Crippen molar-refractivity contribution < 1.29 is 33.2 Å². The van der Waals surface area contributed by atoms with Crippen molar-refractivity contribution in [2.24, 2.45) is 5.92 Å². The van der Waals surface area contributed by atoms with Crippen molar-refractivity contribution in [1.29, 1.82) is 0 Å². The number of methoxy groups -OCH3 is 3. The average molecular weight is 410 g/mol. The minimum atomic E-state index is -0.210. The van der Waals surface area contributed by atoms with Gasteiger partial charge in [0.15, 0.2) is 17.3 Å². The Balaban J connectivity index is 1.53. The fourth-order valence-corrected chi connectivity index (χ4v) is 4.30. The highest BCUT2D eigenvalue weighted by atomic mass is 16.7. The molecular weight excluding hydrogens is 388 g/mol. The van der Waals surface area contributed by atoms with Gasteiger partial charge in [-0.05, 0) is 43.2 Å². The van der Waals surface area contributed by atoms with Crippen molar-refractivity contribution in [2.45, 2.75) is 19.1 Å². The lowest BCUT2D eigenvalue weighted by atomic mass is 9.92. The molecule has 30 heavy (non-hydrogen) atoms. The predicted molar refractivity (Wildman–Crippen MR) is 108 cm³/mol. The van der Waals surface area contributed by atoms with E-state index in [0.717, 1.165) is 24.2 Å². The largest absolute Gasteiger partial charge is 0.493 e. The molecule has 0 spiro atoms. The molecule has 5 rings (SSSR count). The molecule has 1 fully saturated rings. The summed E-state index contributed by atoms with van der Waals surface area (Å²) in [5, 5.41) is 0. The molecule has 7 heteroatoms. The number of hydrogen-bond acceptors (Lipinski definition) is 7. The number of ketones is 1. The molecule has 1 saturated heterocycles. The van der Waals surface area contributed by atoms with E-state index >= 15 is 0 Å². The first-order chi connectivity index (χ1) is 14.6. The third-order valence-corrected chi connectivity index (χ3v) is 5.78. The Hall–Kier alpha value is -3.19. The smallest absolute Gasteiger partial charge is 0.231 e. The zero-order chi connectivity index (χ0) is 20.8. The van der Waals surface area contributed by atoms with Gasteiger partial charge in [0.2, 0.25) is 17.8 Å². The van der Waals surface area contributed by atoms with Gasteiger partial charge < -0.3 is 28.4 Å². The Morgan fingerprint density at radius 3 is 2.63 bits per heavy atom. The van der Waals surface area contributed by atoms with E-state index in [1.54, 1.807) is 38.5 Å². The highest BCUT2D eigenvalue weighted by Crippen LogP contribution is 2.47. The van der Waals surface area contributed by atoms with E-state index in [2.05, 4.69) is 0 Å². The molecule has 2 atom stereocenters. The maximum Gasteiger partial charge on any atom is 0.231 e. The van der Waals surface area contributed by atoms with Crippen LogP contribution in [0.4, 0.5) is 0 Å². The van der Waals surface area contributed by atoms with Crippen LogP contribution < -0.4 is 23.7 Å². The summed E-state index contributed by atoms with van der Waals surface area (Å²) in [4.78, 5) is 13.0. The van der Waals surface area contributed by atoms with Crippen LogP contribution in [0.3, 0.4) is 0 Å². The second-order valence-corrected chi connectivity index (χ2v) is 7.39. The van der Waals surface area contributed by atoms with Crippen molar-refractivity contribution in [3.05, 3.63) is 46.7 Å². The highest BCUT2D eigenvalue weighted by molar-refractivity contribution is 6.15. The Morgan fingerprint density at radius 1 is 1.03 bits per heavy atom. The van der Waals surface area contributed by atoms with Gasteiger partial charge in [-0.3, -0.25) is 4.79 Å². The van der Waals surface area contributed by atoms with Gasteiger partial charge in [0, 0.05) is 17.0 Å². The van der Waals surface area contributed by atoms with Gasteiger partial charge in [-0.15, -0.1) is 0 Å². The number of Topliss-reactive ketones (excluding diaryl/α,β-unsaturated/α-hetero) is 1. The molecule has 0 amide bonds. The summed E-state index contributed by atoms with van der Waals surface area (Å²) in [5.41, 5.74) is 2.12. The van der Waals surface area contributed by atoms with Gasteiger partial charge in [0.1, 0.15) is 11.5 Å².